The van der Waals surface area contributed by atoms with Crippen molar-refractivity contribution in [2.75, 3.05) is 34.4 Å². The summed E-state index contributed by atoms with van der Waals surface area (Å²) >= 11 is 0. The highest BCUT2D eigenvalue weighted by Gasteiger charge is 2.51. The predicted octanol–water partition coefficient (Wildman–Crippen LogP) is 2.49. The Morgan fingerprint density at radius 2 is 1.79 bits per heavy atom. The van der Waals surface area contributed by atoms with Gasteiger partial charge in [-0.2, -0.15) is 0 Å². The highest BCUT2D eigenvalue weighted by Crippen LogP contribution is 2.41. The number of fused-ring (bicyclic) bond motifs is 1. The van der Waals surface area contributed by atoms with Gasteiger partial charge in [0.2, 0.25) is 0 Å². The van der Waals surface area contributed by atoms with Gasteiger partial charge in [0, 0.05) is 27.1 Å². The molecular formula is C28H50O11. The molecule has 11 heteroatoms. The van der Waals surface area contributed by atoms with Crippen molar-refractivity contribution < 1.29 is 53.3 Å². The zero-order chi connectivity index (χ0) is 28.8. The summed E-state index contributed by atoms with van der Waals surface area (Å²) in [6.45, 7) is 8.15. The van der Waals surface area contributed by atoms with Gasteiger partial charge in [-0.1, -0.05) is 13.8 Å². The Labute approximate surface area is 232 Å². The number of carbonyl (C=O) groups is 1. The van der Waals surface area contributed by atoms with E-state index in [2.05, 4.69) is 6.92 Å². The Morgan fingerprint density at radius 3 is 2.46 bits per heavy atom. The molecule has 0 unspecified atom stereocenters. The standard InChI is InChI=1S/C28H50O11/c1-17-9-20(37-26(17)18(2)10-25(30)31)11-19(29)12-23-27(3,32)8-7-21-22(38-23)13-24(36-16-34-6)28(4,39-21)14-35-15-33-5/h17-24,26,29,32H,7-16H2,1-6H3,(H,30,31)/t17-,18+,19-,20+,21-,22+,23-,24-,26+,27+,28+/m0/s1. The van der Waals surface area contributed by atoms with Crippen molar-refractivity contribution in [2.45, 2.75) is 127 Å². The van der Waals surface area contributed by atoms with Crippen molar-refractivity contribution in [3.8, 4) is 0 Å². The van der Waals surface area contributed by atoms with Gasteiger partial charge in [-0.15, -0.1) is 0 Å². The van der Waals surface area contributed by atoms with E-state index in [1.54, 1.807) is 21.1 Å². The smallest absolute Gasteiger partial charge is 0.303 e. The number of aliphatic hydroxyl groups excluding tert-OH is 1. The van der Waals surface area contributed by atoms with E-state index < -0.39 is 29.4 Å². The molecule has 0 amide bonds. The van der Waals surface area contributed by atoms with Gasteiger partial charge in [-0.25, -0.2) is 0 Å². The fourth-order valence-electron chi connectivity index (χ4n) is 6.46. The average molecular weight is 563 g/mol. The molecule has 0 aromatic rings. The second-order valence-electron chi connectivity index (χ2n) is 12.2. The quantitative estimate of drug-likeness (QED) is 0.212. The van der Waals surface area contributed by atoms with E-state index in [9.17, 15) is 15.0 Å². The highest BCUT2D eigenvalue weighted by molar-refractivity contribution is 5.67. The van der Waals surface area contributed by atoms with E-state index >= 15 is 0 Å². The minimum Gasteiger partial charge on any atom is -0.481 e. The Kier molecular flexibility index (Phi) is 12.0. The molecule has 0 aromatic heterocycles. The van der Waals surface area contributed by atoms with Crippen molar-refractivity contribution in [3.63, 3.8) is 0 Å². The lowest BCUT2D eigenvalue weighted by Crippen LogP contribution is -2.58. The second kappa shape index (κ2) is 14.3. The maximum atomic E-state index is 11.4. The Hall–Kier alpha value is -0.890. The number of carboxylic acid groups (broad SMARTS) is 1. The average Bonchev–Trinajstić information content (AvgIpc) is 3.16. The number of rotatable bonds is 14. The van der Waals surface area contributed by atoms with Gasteiger partial charge in [0.15, 0.2) is 0 Å². The Bertz CT molecular complexity index is 764. The van der Waals surface area contributed by atoms with Gasteiger partial charge in [0.05, 0.1) is 61.4 Å². The first kappa shape index (κ1) is 32.6. The molecule has 3 fully saturated rings. The van der Waals surface area contributed by atoms with Crippen LogP contribution in [0.4, 0.5) is 0 Å². The Morgan fingerprint density at radius 1 is 1.08 bits per heavy atom. The van der Waals surface area contributed by atoms with Crippen molar-refractivity contribution in [3.05, 3.63) is 0 Å². The first-order valence-corrected chi connectivity index (χ1v) is 14.2. The van der Waals surface area contributed by atoms with Gasteiger partial charge in [0.25, 0.3) is 0 Å². The minimum absolute atomic E-state index is 0.0559. The fourth-order valence-corrected chi connectivity index (χ4v) is 6.46. The first-order chi connectivity index (χ1) is 18.4. The molecule has 11 nitrogen and oxygen atoms in total. The zero-order valence-electron chi connectivity index (χ0n) is 24.4. The molecule has 0 bridgehead atoms. The van der Waals surface area contributed by atoms with Gasteiger partial charge in [0.1, 0.15) is 19.2 Å². The van der Waals surface area contributed by atoms with Crippen LogP contribution in [0.1, 0.15) is 72.6 Å². The third-order valence-electron chi connectivity index (χ3n) is 8.53. The molecule has 0 aromatic carbocycles. The predicted molar refractivity (Wildman–Crippen MR) is 140 cm³/mol. The van der Waals surface area contributed by atoms with Crippen LogP contribution in [0.5, 0.6) is 0 Å². The van der Waals surface area contributed by atoms with E-state index in [1.165, 1.54) is 0 Å². The molecule has 0 spiro atoms. The van der Waals surface area contributed by atoms with Crippen LogP contribution in [0.2, 0.25) is 0 Å². The van der Waals surface area contributed by atoms with Crippen LogP contribution in [-0.4, -0.2) is 110 Å². The van der Waals surface area contributed by atoms with Gasteiger partial charge < -0.3 is 48.5 Å². The van der Waals surface area contributed by atoms with E-state index in [0.29, 0.717) is 25.7 Å². The molecule has 0 radical (unpaired) electrons. The van der Waals surface area contributed by atoms with Crippen LogP contribution in [-0.2, 0) is 38.0 Å². The summed E-state index contributed by atoms with van der Waals surface area (Å²) in [6.07, 6.45) is 0.374. The molecule has 11 atom stereocenters. The number of hydrogen-bond donors (Lipinski definition) is 3. The third-order valence-corrected chi connectivity index (χ3v) is 8.53. The van der Waals surface area contributed by atoms with E-state index in [4.69, 9.17) is 38.3 Å². The molecule has 3 aliphatic heterocycles. The number of carboxylic acids is 1. The fraction of sp³-hybridized carbons (Fsp3) is 0.964. The first-order valence-electron chi connectivity index (χ1n) is 14.2. The monoisotopic (exact) mass is 562 g/mol. The van der Waals surface area contributed by atoms with Crippen LogP contribution >= 0.6 is 0 Å². The number of ether oxygens (including phenoxy) is 7. The lowest BCUT2D eigenvalue weighted by atomic mass is 9.86. The van der Waals surface area contributed by atoms with Crippen molar-refractivity contribution in [1.82, 2.24) is 0 Å². The summed E-state index contributed by atoms with van der Waals surface area (Å²) in [5.41, 5.74) is -1.91. The SMILES string of the molecule is COCOC[C@@]1(C)O[C@H]2CC[C@@](C)(O)[C@H](C[C@@H](O)C[C@H]3C[C@H](C)[C@H]([C@H](C)CC(=O)O)O3)O[C@@H]2C[C@@H]1OCOC. The molecule has 3 aliphatic rings. The van der Waals surface area contributed by atoms with Gasteiger partial charge in [-0.05, 0) is 51.4 Å². The topological polar surface area (TPSA) is 142 Å². The van der Waals surface area contributed by atoms with E-state index in [1.807, 2.05) is 13.8 Å². The molecule has 3 rings (SSSR count). The number of aliphatic carboxylic acids is 1. The number of aliphatic hydroxyl groups is 2. The maximum Gasteiger partial charge on any atom is 0.303 e. The maximum absolute atomic E-state index is 11.4. The van der Waals surface area contributed by atoms with Crippen molar-refractivity contribution in [2.24, 2.45) is 11.8 Å². The van der Waals surface area contributed by atoms with E-state index in [0.717, 1.165) is 6.42 Å². The molecule has 0 aliphatic carbocycles. The summed E-state index contributed by atoms with van der Waals surface area (Å²) in [7, 11) is 3.12. The molecule has 228 valence electrons. The normalized spacial score (nSPS) is 40.6. The molecule has 39 heavy (non-hydrogen) atoms. The van der Waals surface area contributed by atoms with Gasteiger partial charge >= 0.3 is 5.97 Å². The lowest BCUT2D eigenvalue weighted by Gasteiger charge is -2.47. The second-order valence-corrected chi connectivity index (χ2v) is 12.2. The largest absolute Gasteiger partial charge is 0.481 e. The van der Waals surface area contributed by atoms with Crippen LogP contribution < -0.4 is 0 Å². The third kappa shape index (κ3) is 8.80. The molecule has 0 saturated carbocycles. The van der Waals surface area contributed by atoms with Crippen LogP contribution in [0.3, 0.4) is 0 Å². The number of hydrogen-bond acceptors (Lipinski definition) is 10. The van der Waals surface area contributed by atoms with Crippen molar-refractivity contribution >= 4 is 5.97 Å². The highest BCUT2D eigenvalue weighted by atomic mass is 16.7. The van der Waals surface area contributed by atoms with Crippen LogP contribution in [0.25, 0.3) is 0 Å². The summed E-state index contributed by atoms with van der Waals surface area (Å²) in [6, 6.07) is 0. The summed E-state index contributed by atoms with van der Waals surface area (Å²) in [5.74, 6) is -0.731. The van der Waals surface area contributed by atoms with Crippen LogP contribution in [0, 0.1) is 11.8 Å². The molecule has 3 saturated heterocycles. The lowest BCUT2D eigenvalue weighted by molar-refractivity contribution is -0.276. The minimum atomic E-state index is -1.16. The van der Waals surface area contributed by atoms with E-state index in [-0.39, 0.29) is 75.4 Å². The molecular weight excluding hydrogens is 512 g/mol. The Balaban J connectivity index is 1.63. The summed E-state index contributed by atoms with van der Waals surface area (Å²) < 4.78 is 41.0. The zero-order valence-corrected chi connectivity index (χ0v) is 24.4. The van der Waals surface area contributed by atoms with Crippen LogP contribution in [0.15, 0.2) is 0 Å². The van der Waals surface area contributed by atoms with Crippen molar-refractivity contribution in [1.29, 1.82) is 0 Å². The van der Waals surface area contributed by atoms with Gasteiger partial charge in [-0.3, -0.25) is 4.79 Å². The summed E-state index contributed by atoms with van der Waals surface area (Å²) in [5, 5.41) is 31.5. The summed E-state index contributed by atoms with van der Waals surface area (Å²) in [4.78, 5) is 11.1. The number of methoxy groups -OCH3 is 2. The molecule has 3 heterocycles. The molecule has 3 N–H and O–H groups in total.